The van der Waals surface area contributed by atoms with Gasteiger partial charge in [-0.3, -0.25) is 0 Å². The van der Waals surface area contributed by atoms with Crippen molar-refractivity contribution >= 4 is 11.8 Å². The lowest BCUT2D eigenvalue weighted by atomic mass is 9.91. The largest absolute Gasteiger partial charge is 0.442 e. The standard InChI is InChI=1S/C12H24N2O2/c1-9(11(2,3)4)13-14(8)10(15)16-12(5,6)7/h1-8H3/b13-9+. The van der Waals surface area contributed by atoms with Crippen molar-refractivity contribution in [2.45, 2.75) is 54.1 Å². The molecule has 0 radical (unpaired) electrons. The van der Waals surface area contributed by atoms with Crippen LogP contribution in [0.25, 0.3) is 0 Å². The molecule has 0 spiro atoms. The second-order valence-corrected chi connectivity index (χ2v) is 5.94. The van der Waals surface area contributed by atoms with E-state index in [0.29, 0.717) is 0 Å². The van der Waals surface area contributed by atoms with Gasteiger partial charge >= 0.3 is 6.09 Å². The Kier molecular flexibility index (Phi) is 4.53. The predicted molar refractivity (Wildman–Crippen MR) is 66.6 cm³/mol. The Morgan fingerprint density at radius 2 is 1.56 bits per heavy atom. The summed E-state index contributed by atoms with van der Waals surface area (Å²) in [7, 11) is 1.60. The van der Waals surface area contributed by atoms with Gasteiger partial charge in [-0.25, -0.2) is 9.80 Å². The molecule has 0 rings (SSSR count). The Balaban J connectivity index is 4.60. The van der Waals surface area contributed by atoms with Crippen molar-refractivity contribution in [2.75, 3.05) is 7.05 Å². The van der Waals surface area contributed by atoms with Crippen LogP contribution in [0.5, 0.6) is 0 Å². The van der Waals surface area contributed by atoms with E-state index in [1.807, 2.05) is 27.7 Å². The summed E-state index contributed by atoms with van der Waals surface area (Å²) in [5, 5.41) is 5.45. The summed E-state index contributed by atoms with van der Waals surface area (Å²) >= 11 is 0. The highest BCUT2D eigenvalue weighted by atomic mass is 16.6. The monoisotopic (exact) mass is 228 g/mol. The smallest absolute Gasteiger partial charge is 0.430 e. The van der Waals surface area contributed by atoms with E-state index in [2.05, 4.69) is 25.9 Å². The molecule has 0 bridgehead atoms. The first kappa shape index (κ1) is 14.9. The topological polar surface area (TPSA) is 41.9 Å². The van der Waals surface area contributed by atoms with Gasteiger partial charge in [0.05, 0.1) is 0 Å². The first-order chi connectivity index (χ1) is 6.93. The van der Waals surface area contributed by atoms with E-state index in [-0.39, 0.29) is 5.41 Å². The molecule has 4 nitrogen and oxygen atoms in total. The van der Waals surface area contributed by atoms with Gasteiger partial charge in [0.2, 0.25) is 0 Å². The van der Waals surface area contributed by atoms with Crippen molar-refractivity contribution in [1.82, 2.24) is 5.01 Å². The fourth-order valence-corrected chi connectivity index (χ4v) is 0.744. The van der Waals surface area contributed by atoms with Gasteiger partial charge in [0.1, 0.15) is 5.60 Å². The van der Waals surface area contributed by atoms with Crippen LogP contribution in [0, 0.1) is 5.41 Å². The Morgan fingerprint density at radius 1 is 1.12 bits per heavy atom. The summed E-state index contributed by atoms with van der Waals surface area (Å²) in [6.45, 7) is 13.6. The van der Waals surface area contributed by atoms with E-state index < -0.39 is 11.7 Å². The van der Waals surface area contributed by atoms with Crippen LogP contribution >= 0.6 is 0 Å². The average molecular weight is 228 g/mol. The molecule has 0 unspecified atom stereocenters. The Morgan fingerprint density at radius 3 is 1.88 bits per heavy atom. The normalized spacial score (nSPS) is 13.6. The summed E-state index contributed by atoms with van der Waals surface area (Å²) in [6, 6.07) is 0. The van der Waals surface area contributed by atoms with Gasteiger partial charge in [-0.05, 0) is 27.7 Å². The highest BCUT2D eigenvalue weighted by Gasteiger charge is 2.21. The van der Waals surface area contributed by atoms with Crippen molar-refractivity contribution in [3.8, 4) is 0 Å². The molecule has 4 heteroatoms. The first-order valence-corrected chi connectivity index (χ1v) is 5.46. The Bertz CT molecular complexity index is 282. The molecule has 0 aliphatic heterocycles. The Hall–Kier alpha value is -1.06. The zero-order chi connectivity index (χ0) is 13.1. The van der Waals surface area contributed by atoms with E-state index in [9.17, 15) is 4.79 Å². The number of hydrogen-bond acceptors (Lipinski definition) is 3. The predicted octanol–water partition coefficient (Wildman–Crippen LogP) is 3.28. The summed E-state index contributed by atoms with van der Waals surface area (Å²) in [5.41, 5.74) is 0.355. The van der Waals surface area contributed by atoms with Crippen LogP contribution in [-0.4, -0.2) is 29.5 Å². The minimum atomic E-state index is -0.490. The number of hydrogen-bond donors (Lipinski definition) is 0. The first-order valence-electron chi connectivity index (χ1n) is 5.46. The molecule has 1 amide bonds. The number of hydrazone groups is 1. The van der Waals surface area contributed by atoms with E-state index in [1.165, 1.54) is 5.01 Å². The molecular formula is C12H24N2O2. The Labute approximate surface area is 98.7 Å². The second kappa shape index (κ2) is 4.85. The molecule has 0 saturated heterocycles. The van der Waals surface area contributed by atoms with Gasteiger partial charge < -0.3 is 4.74 Å². The molecule has 0 aromatic rings. The van der Waals surface area contributed by atoms with Crippen LogP contribution in [0.4, 0.5) is 4.79 Å². The van der Waals surface area contributed by atoms with E-state index in [1.54, 1.807) is 7.05 Å². The molecule has 94 valence electrons. The molecule has 0 aromatic carbocycles. The summed E-state index contributed by atoms with van der Waals surface area (Å²) in [4.78, 5) is 11.6. The average Bonchev–Trinajstić information content (AvgIpc) is 1.98. The molecular weight excluding hydrogens is 204 g/mol. The third-order valence-electron chi connectivity index (χ3n) is 2.04. The van der Waals surface area contributed by atoms with Gasteiger partial charge in [-0.2, -0.15) is 5.10 Å². The highest BCUT2D eigenvalue weighted by Crippen LogP contribution is 2.16. The maximum atomic E-state index is 11.6. The number of carbonyl (C=O) groups excluding carboxylic acids is 1. The lowest BCUT2D eigenvalue weighted by molar-refractivity contribution is 0.0301. The van der Waals surface area contributed by atoms with Crippen LogP contribution in [-0.2, 0) is 4.74 Å². The summed E-state index contributed by atoms with van der Waals surface area (Å²) < 4.78 is 5.19. The third kappa shape index (κ3) is 5.73. The fourth-order valence-electron chi connectivity index (χ4n) is 0.744. The number of nitrogens with zero attached hydrogens (tertiary/aromatic N) is 2. The van der Waals surface area contributed by atoms with Gasteiger partial charge in [0.15, 0.2) is 0 Å². The van der Waals surface area contributed by atoms with Gasteiger partial charge in [0, 0.05) is 18.2 Å². The fraction of sp³-hybridized carbons (Fsp3) is 0.833. The minimum Gasteiger partial charge on any atom is -0.442 e. The lowest BCUT2D eigenvalue weighted by Gasteiger charge is -2.24. The van der Waals surface area contributed by atoms with Crippen LogP contribution in [0.3, 0.4) is 0 Å². The lowest BCUT2D eigenvalue weighted by Crippen LogP contribution is -2.33. The van der Waals surface area contributed by atoms with Crippen molar-refractivity contribution in [3.05, 3.63) is 0 Å². The van der Waals surface area contributed by atoms with E-state index >= 15 is 0 Å². The van der Waals surface area contributed by atoms with Crippen LogP contribution in [0.1, 0.15) is 48.5 Å². The molecule has 16 heavy (non-hydrogen) atoms. The van der Waals surface area contributed by atoms with E-state index in [4.69, 9.17) is 4.74 Å². The number of ether oxygens (including phenoxy) is 1. The third-order valence-corrected chi connectivity index (χ3v) is 2.04. The SMILES string of the molecule is C/C(=N\N(C)C(=O)OC(C)(C)C)C(C)(C)C. The van der Waals surface area contributed by atoms with Gasteiger partial charge in [-0.15, -0.1) is 0 Å². The summed E-state index contributed by atoms with van der Waals surface area (Å²) in [6.07, 6.45) is -0.434. The quantitative estimate of drug-likeness (QED) is 0.510. The van der Waals surface area contributed by atoms with Crippen LogP contribution < -0.4 is 0 Å². The maximum absolute atomic E-state index is 11.6. The zero-order valence-electron chi connectivity index (χ0n) is 11.7. The number of rotatable bonds is 1. The maximum Gasteiger partial charge on any atom is 0.430 e. The van der Waals surface area contributed by atoms with Crippen molar-refractivity contribution in [2.24, 2.45) is 10.5 Å². The number of carbonyl (C=O) groups is 1. The molecule has 0 heterocycles. The second-order valence-electron chi connectivity index (χ2n) is 5.94. The van der Waals surface area contributed by atoms with E-state index in [0.717, 1.165) is 5.71 Å². The van der Waals surface area contributed by atoms with Crippen molar-refractivity contribution in [1.29, 1.82) is 0 Å². The van der Waals surface area contributed by atoms with Crippen molar-refractivity contribution < 1.29 is 9.53 Å². The van der Waals surface area contributed by atoms with Crippen molar-refractivity contribution in [3.63, 3.8) is 0 Å². The van der Waals surface area contributed by atoms with Gasteiger partial charge in [-0.1, -0.05) is 20.8 Å². The molecule has 0 aliphatic rings. The molecule has 0 aromatic heterocycles. The van der Waals surface area contributed by atoms with Crippen LogP contribution in [0.15, 0.2) is 5.10 Å². The highest BCUT2D eigenvalue weighted by molar-refractivity contribution is 5.87. The zero-order valence-corrected chi connectivity index (χ0v) is 11.7. The molecule has 0 N–H and O–H groups in total. The van der Waals surface area contributed by atoms with Gasteiger partial charge in [0.25, 0.3) is 0 Å². The number of amides is 1. The molecule has 0 fully saturated rings. The molecule has 0 aliphatic carbocycles. The van der Waals surface area contributed by atoms with Crippen LogP contribution in [0.2, 0.25) is 0 Å². The molecule has 0 atom stereocenters. The summed E-state index contributed by atoms with van der Waals surface area (Å²) in [5.74, 6) is 0. The molecule has 0 saturated carbocycles. The minimum absolute atomic E-state index is 0.0454.